The first-order valence-electron chi connectivity index (χ1n) is 5.41. The van der Waals surface area contributed by atoms with E-state index in [2.05, 4.69) is 46.8 Å². The number of benzene rings is 1. The Morgan fingerprint density at radius 1 is 1.12 bits per heavy atom. The number of aromatic nitrogens is 1. The number of hydrogen-bond acceptors (Lipinski definition) is 1. The summed E-state index contributed by atoms with van der Waals surface area (Å²) in [5.74, 6) is 0. The molecule has 0 aliphatic carbocycles. The van der Waals surface area contributed by atoms with Gasteiger partial charge < -0.3 is 15.8 Å². The third-order valence-electron chi connectivity index (χ3n) is 3.00. The Labute approximate surface area is 94.5 Å². The molecular weight excluding hydrogens is 200 g/mol. The molecule has 0 spiro atoms. The van der Waals surface area contributed by atoms with Crippen molar-refractivity contribution >= 4 is 16.5 Å². The molecule has 1 aromatic heterocycles. The standard InChI is InChI=1S/C13H14N2.H2O/c1-2-4-13-11(3-1)12(9-15-13)10-5-7-14-8-6-10;/h1-5,9,14-15H,6-8H2;1H2. The minimum absolute atomic E-state index is 0. The molecule has 1 aliphatic rings. The van der Waals surface area contributed by atoms with E-state index in [-0.39, 0.29) is 5.48 Å². The van der Waals surface area contributed by atoms with Crippen LogP contribution >= 0.6 is 0 Å². The van der Waals surface area contributed by atoms with E-state index >= 15 is 0 Å². The predicted octanol–water partition coefficient (Wildman–Crippen LogP) is 1.72. The second-order valence-electron chi connectivity index (χ2n) is 3.93. The average molecular weight is 216 g/mol. The van der Waals surface area contributed by atoms with Crippen molar-refractivity contribution in [3.8, 4) is 0 Å². The minimum atomic E-state index is 0. The maximum absolute atomic E-state index is 3.34. The first-order valence-corrected chi connectivity index (χ1v) is 5.41. The van der Waals surface area contributed by atoms with Crippen LogP contribution in [0.2, 0.25) is 0 Å². The van der Waals surface area contributed by atoms with Crippen molar-refractivity contribution in [2.24, 2.45) is 0 Å². The van der Waals surface area contributed by atoms with E-state index in [0.29, 0.717) is 0 Å². The molecule has 0 radical (unpaired) electrons. The van der Waals surface area contributed by atoms with Gasteiger partial charge >= 0.3 is 0 Å². The molecule has 3 nitrogen and oxygen atoms in total. The summed E-state index contributed by atoms with van der Waals surface area (Å²) in [6, 6.07) is 8.48. The summed E-state index contributed by atoms with van der Waals surface area (Å²) in [6.07, 6.45) is 5.54. The Morgan fingerprint density at radius 3 is 2.81 bits per heavy atom. The molecule has 0 unspecified atom stereocenters. The largest absolute Gasteiger partial charge is 0.412 e. The fourth-order valence-corrected chi connectivity index (χ4v) is 2.20. The van der Waals surface area contributed by atoms with E-state index in [1.807, 2.05) is 0 Å². The maximum Gasteiger partial charge on any atom is 0.0460 e. The molecule has 16 heavy (non-hydrogen) atoms. The Hall–Kier alpha value is -1.58. The highest BCUT2D eigenvalue weighted by Crippen LogP contribution is 2.27. The van der Waals surface area contributed by atoms with Crippen molar-refractivity contribution in [1.82, 2.24) is 10.3 Å². The average Bonchev–Trinajstić information content (AvgIpc) is 2.74. The SMILES string of the molecule is C1=C(c2c[nH]c3ccccc23)CCNC1.O. The van der Waals surface area contributed by atoms with Crippen molar-refractivity contribution < 1.29 is 5.48 Å². The number of nitrogens with one attached hydrogen (secondary N) is 2. The number of aromatic amines is 1. The van der Waals surface area contributed by atoms with Gasteiger partial charge in [0.2, 0.25) is 0 Å². The highest BCUT2D eigenvalue weighted by atomic mass is 16.0. The van der Waals surface area contributed by atoms with Gasteiger partial charge in [0, 0.05) is 29.2 Å². The van der Waals surface area contributed by atoms with Gasteiger partial charge in [0.05, 0.1) is 0 Å². The molecule has 0 bridgehead atoms. The van der Waals surface area contributed by atoms with Crippen molar-refractivity contribution in [3.63, 3.8) is 0 Å². The van der Waals surface area contributed by atoms with Crippen LogP contribution in [0.25, 0.3) is 16.5 Å². The Bertz CT molecular complexity index is 513. The van der Waals surface area contributed by atoms with Crippen LogP contribution in [-0.4, -0.2) is 23.5 Å². The molecule has 0 amide bonds. The molecule has 1 aliphatic heterocycles. The number of rotatable bonds is 1. The van der Waals surface area contributed by atoms with E-state index in [0.717, 1.165) is 19.5 Å². The van der Waals surface area contributed by atoms with Gasteiger partial charge in [-0.05, 0) is 24.6 Å². The van der Waals surface area contributed by atoms with Crippen LogP contribution in [0, 0.1) is 0 Å². The monoisotopic (exact) mass is 216 g/mol. The first kappa shape index (κ1) is 10.9. The van der Waals surface area contributed by atoms with Crippen LogP contribution in [0.3, 0.4) is 0 Å². The van der Waals surface area contributed by atoms with Crippen molar-refractivity contribution in [1.29, 1.82) is 0 Å². The third kappa shape index (κ3) is 1.75. The zero-order chi connectivity index (χ0) is 10.1. The number of H-pyrrole nitrogens is 1. The highest BCUT2D eigenvalue weighted by molar-refractivity contribution is 5.92. The van der Waals surface area contributed by atoms with Gasteiger partial charge in [0.15, 0.2) is 0 Å². The molecule has 0 saturated carbocycles. The van der Waals surface area contributed by atoms with Crippen LogP contribution in [0.5, 0.6) is 0 Å². The summed E-state index contributed by atoms with van der Waals surface area (Å²) in [7, 11) is 0. The molecular formula is C13H16N2O. The summed E-state index contributed by atoms with van der Waals surface area (Å²) in [6.45, 7) is 2.08. The second kappa shape index (κ2) is 4.51. The lowest BCUT2D eigenvalue weighted by Crippen LogP contribution is -2.19. The van der Waals surface area contributed by atoms with Crippen LogP contribution in [0.1, 0.15) is 12.0 Å². The fraction of sp³-hybridized carbons (Fsp3) is 0.231. The van der Waals surface area contributed by atoms with Crippen LogP contribution in [-0.2, 0) is 0 Å². The summed E-state index contributed by atoms with van der Waals surface area (Å²) < 4.78 is 0. The van der Waals surface area contributed by atoms with Gasteiger partial charge in [-0.15, -0.1) is 0 Å². The summed E-state index contributed by atoms with van der Waals surface area (Å²) in [4.78, 5) is 3.32. The molecule has 1 aromatic carbocycles. The smallest absolute Gasteiger partial charge is 0.0460 e. The van der Waals surface area contributed by atoms with E-state index in [1.165, 1.54) is 22.0 Å². The van der Waals surface area contributed by atoms with Gasteiger partial charge in [0.1, 0.15) is 0 Å². The van der Waals surface area contributed by atoms with Gasteiger partial charge in [-0.3, -0.25) is 0 Å². The lowest BCUT2D eigenvalue weighted by molar-refractivity contribution is 0.739. The number of fused-ring (bicyclic) bond motifs is 1. The summed E-state index contributed by atoms with van der Waals surface area (Å²) in [5.41, 5.74) is 4.06. The van der Waals surface area contributed by atoms with E-state index in [4.69, 9.17) is 0 Å². The van der Waals surface area contributed by atoms with Gasteiger partial charge in [-0.1, -0.05) is 24.3 Å². The molecule has 2 heterocycles. The van der Waals surface area contributed by atoms with E-state index in [9.17, 15) is 0 Å². The van der Waals surface area contributed by atoms with Crippen molar-refractivity contribution in [2.45, 2.75) is 6.42 Å². The van der Waals surface area contributed by atoms with Crippen LogP contribution in [0.15, 0.2) is 36.5 Å². The third-order valence-corrected chi connectivity index (χ3v) is 3.00. The lowest BCUT2D eigenvalue weighted by Gasteiger charge is -2.13. The number of hydrogen-bond donors (Lipinski definition) is 2. The second-order valence-corrected chi connectivity index (χ2v) is 3.93. The molecule has 0 saturated heterocycles. The maximum atomic E-state index is 3.34. The Morgan fingerprint density at radius 2 is 2.00 bits per heavy atom. The molecule has 3 heteroatoms. The number of para-hydroxylation sites is 1. The zero-order valence-corrected chi connectivity index (χ0v) is 9.09. The fourth-order valence-electron chi connectivity index (χ4n) is 2.20. The molecule has 2 aromatic rings. The molecule has 0 atom stereocenters. The Kier molecular flexibility index (Phi) is 3.08. The molecule has 0 fully saturated rings. The first-order chi connectivity index (χ1) is 7.45. The van der Waals surface area contributed by atoms with E-state index < -0.39 is 0 Å². The molecule has 84 valence electrons. The molecule has 4 N–H and O–H groups in total. The summed E-state index contributed by atoms with van der Waals surface area (Å²) in [5, 5.41) is 4.68. The molecule has 3 rings (SSSR count). The quantitative estimate of drug-likeness (QED) is 0.749. The van der Waals surface area contributed by atoms with Crippen molar-refractivity contribution in [3.05, 3.63) is 42.1 Å². The van der Waals surface area contributed by atoms with Crippen LogP contribution < -0.4 is 5.32 Å². The zero-order valence-electron chi connectivity index (χ0n) is 9.09. The lowest BCUT2D eigenvalue weighted by atomic mass is 10.00. The van der Waals surface area contributed by atoms with Gasteiger partial charge in [-0.2, -0.15) is 0 Å². The summed E-state index contributed by atoms with van der Waals surface area (Å²) >= 11 is 0. The van der Waals surface area contributed by atoms with E-state index in [1.54, 1.807) is 0 Å². The topological polar surface area (TPSA) is 59.3 Å². The highest BCUT2D eigenvalue weighted by Gasteiger charge is 2.09. The minimum Gasteiger partial charge on any atom is -0.412 e. The Balaban J connectivity index is 0.000000963. The van der Waals surface area contributed by atoms with Gasteiger partial charge in [0.25, 0.3) is 0 Å². The predicted molar refractivity (Wildman–Crippen MR) is 67.4 cm³/mol. The van der Waals surface area contributed by atoms with Crippen molar-refractivity contribution in [2.75, 3.05) is 13.1 Å². The van der Waals surface area contributed by atoms with Gasteiger partial charge in [-0.25, -0.2) is 0 Å². The van der Waals surface area contributed by atoms with Crippen LogP contribution in [0.4, 0.5) is 0 Å². The normalized spacial score (nSPS) is 15.6.